The monoisotopic (exact) mass is 478 g/mol. The third-order valence-corrected chi connectivity index (χ3v) is 7.06. The molecule has 2 saturated carbocycles. The van der Waals surface area contributed by atoms with Crippen molar-refractivity contribution in [2.45, 2.75) is 77.2 Å². The summed E-state index contributed by atoms with van der Waals surface area (Å²) in [5, 5.41) is 0. The third-order valence-electron chi connectivity index (χ3n) is 7.06. The first kappa shape index (κ1) is 24.6. The fourth-order valence-corrected chi connectivity index (χ4v) is 5.47. The van der Waals surface area contributed by atoms with E-state index in [1.54, 1.807) is 25.7 Å². The number of carbonyl (C=O) groups excluding carboxylic acids is 2. The van der Waals surface area contributed by atoms with Crippen LogP contribution in [0.15, 0.2) is 35.9 Å². The minimum absolute atomic E-state index is 0.0484. The molecule has 8 heteroatoms. The van der Waals surface area contributed by atoms with Crippen molar-refractivity contribution in [3.8, 4) is 0 Å². The van der Waals surface area contributed by atoms with Crippen molar-refractivity contribution in [1.29, 1.82) is 0 Å². The van der Waals surface area contributed by atoms with Crippen LogP contribution in [0.2, 0.25) is 0 Å². The Labute approximate surface area is 198 Å². The van der Waals surface area contributed by atoms with Crippen molar-refractivity contribution in [3.05, 3.63) is 41.5 Å². The first-order valence-corrected chi connectivity index (χ1v) is 11.9. The van der Waals surface area contributed by atoms with Crippen LogP contribution in [0.5, 0.6) is 0 Å². The molecule has 0 N–H and O–H groups in total. The largest absolute Gasteiger partial charge is 0.471 e. The topological polar surface area (TPSA) is 49.9 Å². The maximum absolute atomic E-state index is 13.5. The molecule has 2 aliphatic carbocycles. The molecule has 1 aliphatic heterocycles. The van der Waals surface area contributed by atoms with E-state index in [1.165, 1.54) is 0 Å². The number of ether oxygens (including phenoxy) is 1. The Morgan fingerprint density at radius 1 is 1.15 bits per heavy atom. The van der Waals surface area contributed by atoms with E-state index >= 15 is 0 Å². The molecule has 3 fully saturated rings. The Hall–Kier alpha value is -2.51. The summed E-state index contributed by atoms with van der Waals surface area (Å²) in [5.41, 5.74) is 1.29. The van der Waals surface area contributed by atoms with Crippen LogP contribution in [0.3, 0.4) is 0 Å². The lowest BCUT2D eigenvalue weighted by Crippen LogP contribution is -2.69. The molecule has 1 saturated heterocycles. The number of benzene rings is 1. The number of alkyl halides is 3. The molecule has 2 unspecified atom stereocenters. The third kappa shape index (κ3) is 5.10. The summed E-state index contributed by atoms with van der Waals surface area (Å²) in [6.45, 7) is 8.32. The van der Waals surface area contributed by atoms with Crippen LogP contribution in [0, 0.1) is 11.3 Å². The lowest BCUT2D eigenvalue weighted by molar-refractivity contribution is -0.197. The fraction of sp³-hybridized carbons (Fsp3) is 0.615. The minimum Gasteiger partial charge on any atom is -0.444 e. The van der Waals surface area contributed by atoms with Crippen LogP contribution in [-0.4, -0.2) is 58.8 Å². The molecule has 0 radical (unpaired) electrons. The molecule has 0 bridgehead atoms. The number of likely N-dealkylation sites (tertiary alicyclic amines) is 1. The van der Waals surface area contributed by atoms with E-state index in [-0.39, 0.29) is 11.3 Å². The van der Waals surface area contributed by atoms with Crippen molar-refractivity contribution < 1.29 is 27.5 Å². The van der Waals surface area contributed by atoms with Crippen molar-refractivity contribution in [2.24, 2.45) is 11.3 Å². The van der Waals surface area contributed by atoms with Crippen molar-refractivity contribution in [3.63, 3.8) is 0 Å². The van der Waals surface area contributed by atoms with Crippen LogP contribution >= 0.6 is 0 Å². The Bertz CT molecular complexity index is 954. The van der Waals surface area contributed by atoms with Crippen LogP contribution < -0.4 is 0 Å². The zero-order valence-electron chi connectivity index (χ0n) is 20.2. The molecule has 2 atom stereocenters. The molecule has 3 aliphatic rings. The highest BCUT2D eigenvalue weighted by molar-refractivity contribution is 5.83. The molecule has 1 aromatic carbocycles. The number of nitrogens with zero attached hydrogens (tertiary/aromatic N) is 2. The van der Waals surface area contributed by atoms with E-state index in [1.807, 2.05) is 43.3 Å². The Kier molecular flexibility index (Phi) is 6.23. The molecule has 34 heavy (non-hydrogen) atoms. The average molecular weight is 479 g/mol. The second kappa shape index (κ2) is 8.61. The Morgan fingerprint density at radius 3 is 2.29 bits per heavy atom. The van der Waals surface area contributed by atoms with Gasteiger partial charge in [-0.2, -0.15) is 13.2 Å². The molecule has 5 nitrogen and oxygen atoms in total. The smallest absolute Gasteiger partial charge is 0.444 e. The normalized spacial score (nSPS) is 24.3. The summed E-state index contributed by atoms with van der Waals surface area (Å²) in [6, 6.07) is 8.84. The fourth-order valence-electron chi connectivity index (χ4n) is 5.47. The molecular weight excluding hydrogens is 445 g/mol. The van der Waals surface area contributed by atoms with Gasteiger partial charge in [-0.25, -0.2) is 4.79 Å². The van der Waals surface area contributed by atoms with Gasteiger partial charge in [0.05, 0.1) is 0 Å². The highest BCUT2D eigenvalue weighted by atomic mass is 19.4. The zero-order valence-corrected chi connectivity index (χ0v) is 20.2. The lowest BCUT2D eigenvalue weighted by atomic mass is 9.60. The molecule has 2 amide bonds. The second-order valence-electron chi connectivity index (χ2n) is 11.0. The molecule has 186 valence electrons. The van der Waals surface area contributed by atoms with E-state index in [0.717, 1.165) is 22.5 Å². The van der Waals surface area contributed by atoms with Gasteiger partial charge >= 0.3 is 18.2 Å². The predicted octanol–water partition coefficient (Wildman–Crippen LogP) is 5.66. The van der Waals surface area contributed by atoms with Crippen molar-refractivity contribution in [2.75, 3.05) is 13.1 Å². The summed E-state index contributed by atoms with van der Waals surface area (Å²) in [5.74, 6) is -1.79. The molecule has 1 spiro atoms. The maximum Gasteiger partial charge on any atom is 0.471 e. The lowest BCUT2D eigenvalue weighted by Gasteiger charge is -2.60. The van der Waals surface area contributed by atoms with E-state index in [9.17, 15) is 22.8 Å². The standard InChI is InChI=1S/C26H33F3N2O3/c1-5-18(11-17-9-7-6-8-10-17)20-12-21(20)31(22(32)26(27,28)29)19-13-25(14-19)15-30(16-25)23(33)34-24(2,3)4/h6-11,19-21H,5,12-16H2,1-4H3/b18-11+. The van der Waals surface area contributed by atoms with Gasteiger partial charge in [-0.05, 0) is 52.0 Å². The predicted molar refractivity (Wildman–Crippen MR) is 123 cm³/mol. The average Bonchev–Trinajstić information content (AvgIpc) is 3.45. The molecule has 1 aromatic rings. The van der Waals surface area contributed by atoms with Gasteiger partial charge in [-0.3, -0.25) is 4.79 Å². The van der Waals surface area contributed by atoms with Gasteiger partial charge in [0.2, 0.25) is 0 Å². The van der Waals surface area contributed by atoms with Gasteiger partial charge in [0, 0.05) is 36.5 Å². The van der Waals surface area contributed by atoms with Crippen molar-refractivity contribution in [1.82, 2.24) is 9.80 Å². The summed E-state index contributed by atoms with van der Waals surface area (Å²) >= 11 is 0. The molecule has 1 heterocycles. The quantitative estimate of drug-likeness (QED) is 0.549. The van der Waals surface area contributed by atoms with Crippen LogP contribution in [0.4, 0.5) is 18.0 Å². The van der Waals surface area contributed by atoms with E-state index < -0.39 is 35.9 Å². The molecule has 4 rings (SSSR count). The molecular formula is C26H33F3N2O3. The van der Waals surface area contributed by atoms with Gasteiger partial charge in [-0.1, -0.05) is 48.9 Å². The van der Waals surface area contributed by atoms with E-state index in [2.05, 4.69) is 0 Å². The van der Waals surface area contributed by atoms with Gasteiger partial charge in [0.15, 0.2) is 0 Å². The number of hydrogen-bond donors (Lipinski definition) is 0. The van der Waals surface area contributed by atoms with Gasteiger partial charge in [0.25, 0.3) is 0 Å². The van der Waals surface area contributed by atoms with Crippen LogP contribution in [0.1, 0.15) is 58.9 Å². The second-order valence-corrected chi connectivity index (χ2v) is 11.0. The summed E-state index contributed by atoms with van der Waals surface area (Å²) < 4.78 is 45.9. The van der Waals surface area contributed by atoms with Crippen LogP contribution in [-0.2, 0) is 9.53 Å². The highest BCUT2D eigenvalue weighted by Crippen LogP contribution is 2.55. The van der Waals surface area contributed by atoms with Gasteiger partial charge in [-0.15, -0.1) is 0 Å². The van der Waals surface area contributed by atoms with E-state index in [0.29, 0.717) is 32.4 Å². The number of hydrogen-bond acceptors (Lipinski definition) is 3. The first-order valence-electron chi connectivity index (χ1n) is 11.9. The molecule has 0 aromatic heterocycles. The summed E-state index contributed by atoms with van der Waals surface area (Å²) in [6.07, 6.45) is -0.999. The van der Waals surface area contributed by atoms with E-state index in [4.69, 9.17) is 4.74 Å². The summed E-state index contributed by atoms with van der Waals surface area (Å²) in [4.78, 5) is 27.4. The van der Waals surface area contributed by atoms with Crippen molar-refractivity contribution >= 4 is 18.1 Å². The summed E-state index contributed by atoms with van der Waals surface area (Å²) in [7, 11) is 0. The first-order chi connectivity index (χ1) is 15.8. The maximum atomic E-state index is 13.5. The number of halogens is 3. The number of rotatable bonds is 5. The SMILES string of the molecule is CC/C(=C\c1ccccc1)C1CC1N(C(=O)C(F)(F)F)C1CC2(C1)CN(C(=O)OC(C)(C)C)C2. The number of amides is 2. The zero-order chi connectivity index (χ0) is 24.9. The highest BCUT2D eigenvalue weighted by Gasteiger charge is 2.62. The minimum atomic E-state index is -4.90. The van der Waals surface area contributed by atoms with Crippen LogP contribution in [0.25, 0.3) is 6.08 Å². The Balaban J connectivity index is 1.42. The van der Waals surface area contributed by atoms with Gasteiger partial charge < -0.3 is 14.5 Å². The van der Waals surface area contributed by atoms with Gasteiger partial charge in [0.1, 0.15) is 5.60 Å². The Morgan fingerprint density at radius 2 is 1.76 bits per heavy atom. The number of carbonyl (C=O) groups is 2.